The van der Waals surface area contributed by atoms with Crippen LogP contribution in [0.15, 0.2) is 12.7 Å². The minimum atomic E-state index is -0.374. The van der Waals surface area contributed by atoms with Gasteiger partial charge < -0.3 is 15.4 Å². The number of hydrogen-bond donors (Lipinski definition) is 2. The molecule has 1 saturated heterocycles. The van der Waals surface area contributed by atoms with Gasteiger partial charge in [0.1, 0.15) is 0 Å². The zero-order valence-electron chi connectivity index (χ0n) is 10.1. The van der Waals surface area contributed by atoms with E-state index in [1.165, 1.54) is 0 Å². The Morgan fingerprint density at radius 2 is 2.44 bits per heavy atom. The van der Waals surface area contributed by atoms with Crippen LogP contribution < -0.4 is 10.6 Å². The summed E-state index contributed by atoms with van der Waals surface area (Å²) >= 11 is 0. The highest BCUT2D eigenvalue weighted by Gasteiger charge is 2.35. The summed E-state index contributed by atoms with van der Waals surface area (Å²) in [7, 11) is 0. The minimum absolute atomic E-state index is 0.0809. The Morgan fingerprint density at radius 1 is 1.62 bits per heavy atom. The van der Waals surface area contributed by atoms with E-state index in [1.54, 1.807) is 0 Å². The lowest BCUT2D eigenvalue weighted by atomic mass is 9.99. The molecule has 0 aromatic rings. The van der Waals surface area contributed by atoms with Crippen LogP contribution in [-0.4, -0.2) is 37.7 Å². The second-order valence-corrected chi connectivity index (χ2v) is 4.31. The molecule has 0 bridgehead atoms. The molecule has 1 rings (SSSR count). The fourth-order valence-electron chi connectivity index (χ4n) is 1.79. The molecule has 4 heteroatoms. The van der Waals surface area contributed by atoms with Crippen LogP contribution in [0, 0.1) is 0 Å². The lowest BCUT2D eigenvalue weighted by Gasteiger charge is -2.22. The molecular formula is C12H22N2O2. The molecule has 92 valence electrons. The van der Waals surface area contributed by atoms with Crippen molar-refractivity contribution in [3.05, 3.63) is 12.7 Å². The van der Waals surface area contributed by atoms with Crippen molar-refractivity contribution in [1.29, 1.82) is 0 Å². The molecular weight excluding hydrogens is 204 g/mol. The van der Waals surface area contributed by atoms with E-state index < -0.39 is 0 Å². The van der Waals surface area contributed by atoms with Crippen LogP contribution in [0.2, 0.25) is 0 Å². The van der Waals surface area contributed by atoms with Crippen LogP contribution in [0.5, 0.6) is 0 Å². The van der Waals surface area contributed by atoms with Crippen molar-refractivity contribution in [2.24, 2.45) is 0 Å². The molecule has 1 heterocycles. The van der Waals surface area contributed by atoms with Crippen molar-refractivity contribution in [2.75, 3.05) is 26.3 Å². The van der Waals surface area contributed by atoms with Gasteiger partial charge >= 0.3 is 0 Å². The first-order valence-electron chi connectivity index (χ1n) is 5.91. The van der Waals surface area contributed by atoms with Crippen molar-refractivity contribution in [3.63, 3.8) is 0 Å². The zero-order chi connectivity index (χ0) is 11.9. The van der Waals surface area contributed by atoms with Gasteiger partial charge in [-0.25, -0.2) is 0 Å². The highest BCUT2D eigenvalue weighted by Crippen LogP contribution is 2.18. The van der Waals surface area contributed by atoms with E-state index in [2.05, 4.69) is 17.2 Å². The average molecular weight is 226 g/mol. The lowest BCUT2D eigenvalue weighted by molar-refractivity contribution is -0.126. The molecule has 0 aromatic carbocycles. The van der Waals surface area contributed by atoms with Crippen LogP contribution >= 0.6 is 0 Å². The average Bonchev–Trinajstić information content (AvgIpc) is 2.71. The lowest BCUT2D eigenvalue weighted by Crippen LogP contribution is -2.51. The van der Waals surface area contributed by atoms with E-state index in [9.17, 15) is 4.79 Å². The molecule has 0 aliphatic carbocycles. The Morgan fingerprint density at radius 3 is 3.06 bits per heavy atom. The summed E-state index contributed by atoms with van der Waals surface area (Å²) in [6, 6.07) is 0. The standard InChI is InChI=1S/C12H22N2O2/c1-3-4-9-16-10-8-13-11(15)12(2)6-5-7-14-12/h3,14H,1,4-10H2,2H3,(H,13,15). The van der Waals surface area contributed by atoms with Gasteiger partial charge in [-0.15, -0.1) is 6.58 Å². The second-order valence-electron chi connectivity index (χ2n) is 4.31. The minimum Gasteiger partial charge on any atom is -0.379 e. The summed E-state index contributed by atoms with van der Waals surface area (Å²) in [5.74, 6) is 0.0809. The van der Waals surface area contributed by atoms with Crippen LogP contribution in [0.3, 0.4) is 0 Å². The van der Waals surface area contributed by atoms with Crippen LogP contribution in [0.25, 0.3) is 0 Å². The number of nitrogens with one attached hydrogen (secondary N) is 2. The molecule has 1 fully saturated rings. The first-order chi connectivity index (χ1) is 7.69. The SMILES string of the molecule is C=CCCOCCNC(=O)C1(C)CCCN1. The van der Waals surface area contributed by atoms with E-state index in [4.69, 9.17) is 4.74 Å². The third-order valence-corrected chi connectivity index (χ3v) is 2.87. The summed E-state index contributed by atoms with van der Waals surface area (Å²) in [5, 5.41) is 6.12. The van der Waals surface area contributed by atoms with Gasteiger partial charge in [-0.2, -0.15) is 0 Å². The van der Waals surface area contributed by atoms with Gasteiger partial charge in [0.25, 0.3) is 0 Å². The van der Waals surface area contributed by atoms with Crippen molar-refractivity contribution in [2.45, 2.75) is 31.7 Å². The predicted molar refractivity (Wildman–Crippen MR) is 64.3 cm³/mol. The molecule has 2 N–H and O–H groups in total. The van der Waals surface area contributed by atoms with Crippen molar-refractivity contribution >= 4 is 5.91 Å². The Labute approximate surface area is 97.4 Å². The normalized spacial score (nSPS) is 24.3. The van der Waals surface area contributed by atoms with E-state index >= 15 is 0 Å². The van der Waals surface area contributed by atoms with Gasteiger partial charge in [0, 0.05) is 6.54 Å². The Balaban J connectivity index is 2.08. The van der Waals surface area contributed by atoms with Gasteiger partial charge in [0.15, 0.2) is 0 Å². The van der Waals surface area contributed by atoms with Gasteiger partial charge in [-0.3, -0.25) is 4.79 Å². The number of amides is 1. The number of ether oxygens (including phenoxy) is 1. The molecule has 16 heavy (non-hydrogen) atoms. The third-order valence-electron chi connectivity index (χ3n) is 2.87. The molecule has 0 saturated carbocycles. The predicted octanol–water partition coefficient (Wildman–Crippen LogP) is 0.837. The first kappa shape index (κ1) is 13.2. The molecule has 4 nitrogen and oxygen atoms in total. The number of carbonyl (C=O) groups excluding carboxylic acids is 1. The molecule has 1 unspecified atom stereocenters. The maximum atomic E-state index is 11.8. The fourth-order valence-corrected chi connectivity index (χ4v) is 1.79. The summed E-state index contributed by atoms with van der Waals surface area (Å²) in [6.07, 6.45) is 4.66. The second kappa shape index (κ2) is 6.66. The Bertz CT molecular complexity index is 235. The van der Waals surface area contributed by atoms with E-state index in [-0.39, 0.29) is 11.4 Å². The molecule has 0 aromatic heterocycles. The number of carbonyl (C=O) groups is 1. The molecule has 1 atom stereocenters. The number of hydrogen-bond acceptors (Lipinski definition) is 3. The third kappa shape index (κ3) is 3.94. The van der Waals surface area contributed by atoms with Crippen LogP contribution in [0.1, 0.15) is 26.2 Å². The summed E-state index contributed by atoms with van der Waals surface area (Å²) in [5.41, 5.74) is -0.374. The summed E-state index contributed by atoms with van der Waals surface area (Å²) in [4.78, 5) is 11.8. The van der Waals surface area contributed by atoms with Gasteiger partial charge in [-0.1, -0.05) is 6.08 Å². The Kier molecular flexibility index (Phi) is 5.49. The van der Waals surface area contributed by atoms with Crippen LogP contribution in [0.4, 0.5) is 0 Å². The highest BCUT2D eigenvalue weighted by molar-refractivity contribution is 5.86. The molecule has 1 aliphatic rings. The van der Waals surface area contributed by atoms with Gasteiger partial charge in [0.2, 0.25) is 5.91 Å². The van der Waals surface area contributed by atoms with E-state index in [0.29, 0.717) is 19.8 Å². The Hall–Kier alpha value is -0.870. The van der Waals surface area contributed by atoms with Crippen molar-refractivity contribution in [3.8, 4) is 0 Å². The monoisotopic (exact) mass is 226 g/mol. The maximum Gasteiger partial charge on any atom is 0.240 e. The van der Waals surface area contributed by atoms with E-state index in [0.717, 1.165) is 25.8 Å². The fraction of sp³-hybridized carbons (Fsp3) is 0.750. The van der Waals surface area contributed by atoms with E-state index in [1.807, 2.05) is 13.0 Å². The van der Waals surface area contributed by atoms with Gasteiger partial charge in [-0.05, 0) is 32.7 Å². The topological polar surface area (TPSA) is 50.4 Å². The highest BCUT2D eigenvalue weighted by atomic mass is 16.5. The number of rotatable bonds is 7. The smallest absolute Gasteiger partial charge is 0.240 e. The summed E-state index contributed by atoms with van der Waals surface area (Å²) < 4.78 is 5.31. The quantitative estimate of drug-likeness (QED) is 0.499. The zero-order valence-corrected chi connectivity index (χ0v) is 10.1. The molecule has 1 aliphatic heterocycles. The largest absolute Gasteiger partial charge is 0.379 e. The maximum absolute atomic E-state index is 11.8. The van der Waals surface area contributed by atoms with Crippen molar-refractivity contribution in [1.82, 2.24) is 10.6 Å². The summed E-state index contributed by atoms with van der Waals surface area (Å²) in [6.45, 7) is 8.31. The molecule has 0 spiro atoms. The molecule has 1 amide bonds. The van der Waals surface area contributed by atoms with Crippen LogP contribution in [-0.2, 0) is 9.53 Å². The molecule has 0 radical (unpaired) electrons. The van der Waals surface area contributed by atoms with Crippen molar-refractivity contribution < 1.29 is 9.53 Å². The van der Waals surface area contributed by atoms with Gasteiger partial charge in [0.05, 0.1) is 18.8 Å². The first-order valence-corrected chi connectivity index (χ1v) is 5.91.